The van der Waals surface area contributed by atoms with Crippen LogP contribution in [0, 0.1) is 6.92 Å². The Bertz CT molecular complexity index is 461. The maximum atomic E-state index is 11.5. The molecule has 1 rings (SSSR count). The number of hydrogen-bond donors (Lipinski definition) is 2. The number of aryl methyl sites for hydroxylation is 1. The number of aromatic carboxylic acids is 1. The number of amides is 1. The molecule has 0 radical (unpaired) electrons. The maximum Gasteiger partial charge on any atom is 0.335 e. The van der Waals surface area contributed by atoms with E-state index in [1.165, 1.54) is 23.9 Å². The quantitative estimate of drug-likeness (QED) is 0.795. The predicted molar refractivity (Wildman–Crippen MR) is 69.9 cm³/mol. The molecule has 0 spiro atoms. The Hall–Kier alpha value is -1.56. The van der Waals surface area contributed by atoms with Crippen LogP contribution < -0.4 is 5.32 Å². The molecule has 5 nitrogen and oxygen atoms in total. The van der Waals surface area contributed by atoms with Gasteiger partial charge in [0.05, 0.1) is 16.3 Å². The highest BCUT2D eigenvalue weighted by molar-refractivity contribution is 7.99. The lowest BCUT2D eigenvalue weighted by molar-refractivity contribution is -0.119. The van der Waals surface area contributed by atoms with Gasteiger partial charge in [0.15, 0.2) is 0 Å². The average Bonchev–Trinajstić information content (AvgIpc) is 2.24. The van der Waals surface area contributed by atoms with Crippen molar-refractivity contribution in [3.05, 3.63) is 23.4 Å². The van der Waals surface area contributed by atoms with Crippen molar-refractivity contribution in [2.24, 2.45) is 0 Å². The van der Waals surface area contributed by atoms with Gasteiger partial charge in [-0.1, -0.05) is 11.8 Å². The van der Waals surface area contributed by atoms with Crippen LogP contribution in [-0.4, -0.2) is 33.8 Å². The molecule has 0 saturated carbocycles. The van der Waals surface area contributed by atoms with E-state index in [1.807, 2.05) is 13.8 Å². The number of hydrogen-bond acceptors (Lipinski definition) is 4. The molecule has 0 saturated heterocycles. The van der Waals surface area contributed by atoms with Gasteiger partial charge in [0.2, 0.25) is 5.91 Å². The van der Waals surface area contributed by atoms with E-state index in [0.717, 1.165) is 0 Å². The van der Waals surface area contributed by atoms with Crippen molar-refractivity contribution in [3.8, 4) is 0 Å². The highest BCUT2D eigenvalue weighted by atomic mass is 32.2. The Morgan fingerprint density at radius 1 is 1.44 bits per heavy atom. The number of carbonyl (C=O) groups is 2. The number of nitrogens with zero attached hydrogens (tertiary/aromatic N) is 1. The molecule has 1 heterocycles. The summed E-state index contributed by atoms with van der Waals surface area (Å²) in [5.74, 6) is -0.850. The van der Waals surface area contributed by atoms with Crippen LogP contribution in [0.4, 0.5) is 0 Å². The third-order valence-corrected chi connectivity index (χ3v) is 2.89. The van der Waals surface area contributed by atoms with Gasteiger partial charge in [0, 0.05) is 11.7 Å². The number of pyridine rings is 1. The first-order valence-corrected chi connectivity index (χ1v) is 6.51. The van der Waals surface area contributed by atoms with E-state index in [0.29, 0.717) is 10.7 Å². The predicted octanol–water partition coefficient (Wildman–Crippen LogP) is 1.70. The van der Waals surface area contributed by atoms with Gasteiger partial charge in [-0.25, -0.2) is 9.78 Å². The third kappa shape index (κ3) is 4.75. The molecular weight excluding hydrogens is 252 g/mol. The summed E-state index contributed by atoms with van der Waals surface area (Å²) in [6.45, 7) is 5.50. The molecule has 98 valence electrons. The molecule has 0 aliphatic rings. The smallest absolute Gasteiger partial charge is 0.335 e. The van der Waals surface area contributed by atoms with Crippen molar-refractivity contribution >= 4 is 23.6 Å². The van der Waals surface area contributed by atoms with Crippen molar-refractivity contribution in [1.29, 1.82) is 0 Å². The molecule has 18 heavy (non-hydrogen) atoms. The molecule has 0 aliphatic heterocycles. The Kier molecular flexibility index (Phi) is 5.15. The fourth-order valence-corrected chi connectivity index (χ4v) is 2.12. The van der Waals surface area contributed by atoms with E-state index < -0.39 is 5.97 Å². The van der Waals surface area contributed by atoms with Gasteiger partial charge in [-0.3, -0.25) is 4.79 Å². The number of rotatable bonds is 5. The summed E-state index contributed by atoms with van der Waals surface area (Å²) in [4.78, 5) is 26.5. The second-order valence-electron chi connectivity index (χ2n) is 4.15. The molecule has 0 aromatic carbocycles. The zero-order valence-corrected chi connectivity index (χ0v) is 11.4. The monoisotopic (exact) mass is 268 g/mol. The summed E-state index contributed by atoms with van der Waals surface area (Å²) in [5.41, 5.74) is 0.816. The summed E-state index contributed by atoms with van der Waals surface area (Å²) in [7, 11) is 0. The van der Waals surface area contributed by atoms with Crippen LogP contribution in [0.1, 0.15) is 29.9 Å². The van der Waals surface area contributed by atoms with Crippen LogP contribution in [0.2, 0.25) is 0 Å². The molecule has 0 aliphatic carbocycles. The molecule has 0 unspecified atom stereocenters. The first kappa shape index (κ1) is 14.5. The molecule has 1 aromatic rings. The summed E-state index contributed by atoms with van der Waals surface area (Å²) in [6.07, 6.45) is 0. The van der Waals surface area contributed by atoms with E-state index in [2.05, 4.69) is 10.3 Å². The van der Waals surface area contributed by atoms with Gasteiger partial charge in [0.25, 0.3) is 0 Å². The van der Waals surface area contributed by atoms with Gasteiger partial charge in [0.1, 0.15) is 0 Å². The topological polar surface area (TPSA) is 79.3 Å². The Labute approximate surface area is 110 Å². The van der Waals surface area contributed by atoms with Gasteiger partial charge in [-0.05, 0) is 32.9 Å². The minimum atomic E-state index is -0.992. The highest BCUT2D eigenvalue weighted by Crippen LogP contribution is 2.17. The molecule has 1 aromatic heterocycles. The van der Waals surface area contributed by atoms with Gasteiger partial charge in [-0.15, -0.1) is 0 Å². The second-order valence-corrected chi connectivity index (χ2v) is 5.15. The maximum absolute atomic E-state index is 11.5. The van der Waals surface area contributed by atoms with Crippen LogP contribution in [0.25, 0.3) is 0 Å². The number of thioether (sulfide) groups is 1. The van der Waals surface area contributed by atoms with Gasteiger partial charge in [-0.2, -0.15) is 0 Å². The minimum absolute atomic E-state index is 0.0878. The lowest BCUT2D eigenvalue weighted by Gasteiger charge is -2.08. The molecule has 0 atom stereocenters. The molecule has 0 fully saturated rings. The van der Waals surface area contributed by atoms with E-state index >= 15 is 0 Å². The second kappa shape index (κ2) is 6.39. The summed E-state index contributed by atoms with van der Waals surface area (Å²) < 4.78 is 0. The summed E-state index contributed by atoms with van der Waals surface area (Å²) in [5, 5.41) is 12.2. The summed E-state index contributed by atoms with van der Waals surface area (Å²) >= 11 is 1.23. The van der Waals surface area contributed by atoms with Gasteiger partial charge >= 0.3 is 5.97 Å². The standard InChI is InChI=1S/C12H16N2O3S/c1-7(2)13-10(15)6-18-11-5-9(12(16)17)4-8(3)14-11/h4-5,7H,6H2,1-3H3,(H,13,15)(H,16,17). The largest absolute Gasteiger partial charge is 0.478 e. The number of carboxylic acids is 1. The third-order valence-electron chi connectivity index (χ3n) is 1.98. The van der Waals surface area contributed by atoms with Crippen LogP contribution >= 0.6 is 11.8 Å². The Balaban J connectivity index is 2.67. The molecule has 1 amide bonds. The minimum Gasteiger partial charge on any atom is -0.478 e. The fraction of sp³-hybridized carbons (Fsp3) is 0.417. The number of aromatic nitrogens is 1. The van der Waals surface area contributed by atoms with E-state index in [4.69, 9.17) is 5.11 Å². The van der Waals surface area contributed by atoms with E-state index in [-0.39, 0.29) is 23.3 Å². The van der Waals surface area contributed by atoms with E-state index in [1.54, 1.807) is 6.92 Å². The van der Waals surface area contributed by atoms with Crippen molar-refractivity contribution < 1.29 is 14.7 Å². The van der Waals surface area contributed by atoms with Gasteiger partial charge < -0.3 is 10.4 Å². The first-order chi connectivity index (χ1) is 8.38. The fourth-order valence-electron chi connectivity index (χ4n) is 1.34. The normalized spacial score (nSPS) is 10.4. The van der Waals surface area contributed by atoms with Crippen molar-refractivity contribution in [3.63, 3.8) is 0 Å². The molecule has 2 N–H and O–H groups in total. The van der Waals surface area contributed by atoms with Crippen LogP contribution in [0.5, 0.6) is 0 Å². The first-order valence-electron chi connectivity index (χ1n) is 5.52. The zero-order valence-electron chi connectivity index (χ0n) is 10.6. The van der Waals surface area contributed by atoms with Crippen molar-refractivity contribution in [1.82, 2.24) is 10.3 Å². The molecular formula is C12H16N2O3S. The zero-order chi connectivity index (χ0) is 13.7. The van der Waals surface area contributed by atoms with Crippen LogP contribution in [0.3, 0.4) is 0 Å². The van der Waals surface area contributed by atoms with Crippen molar-refractivity contribution in [2.45, 2.75) is 31.8 Å². The van der Waals surface area contributed by atoms with Crippen LogP contribution in [-0.2, 0) is 4.79 Å². The Morgan fingerprint density at radius 2 is 2.11 bits per heavy atom. The van der Waals surface area contributed by atoms with Crippen molar-refractivity contribution in [2.75, 3.05) is 5.75 Å². The number of carboxylic acid groups (broad SMARTS) is 1. The molecule has 6 heteroatoms. The number of nitrogens with one attached hydrogen (secondary N) is 1. The average molecular weight is 268 g/mol. The number of carbonyl (C=O) groups excluding carboxylic acids is 1. The lowest BCUT2D eigenvalue weighted by Crippen LogP contribution is -2.31. The lowest BCUT2D eigenvalue weighted by atomic mass is 10.2. The summed E-state index contributed by atoms with van der Waals surface area (Å²) in [6, 6.07) is 3.07. The molecule has 0 bridgehead atoms. The Morgan fingerprint density at radius 3 is 2.67 bits per heavy atom. The highest BCUT2D eigenvalue weighted by Gasteiger charge is 2.09. The van der Waals surface area contributed by atoms with E-state index in [9.17, 15) is 9.59 Å². The SMILES string of the molecule is Cc1cc(C(=O)O)cc(SCC(=O)NC(C)C)n1. The van der Waals surface area contributed by atoms with Crippen LogP contribution in [0.15, 0.2) is 17.2 Å².